The number of pyridine rings is 1. The molecule has 1 aromatic carbocycles. The molecular weight excluding hydrogens is 302 g/mol. The molecule has 0 aliphatic carbocycles. The van der Waals surface area contributed by atoms with Crippen molar-refractivity contribution in [2.24, 2.45) is 7.05 Å². The number of rotatable bonds is 3. The zero-order valence-electron chi connectivity index (χ0n) is 10.6. The average Bonchev–Trinajstić information content (AvgIpc) is 2.76. The Morgan fingerprint density at radius 3 is 2.84 bits per heavy atom. The van der Waals surface area contributed by atoms with Gasteiger partial charge in [-0.3, -0.25) is 0 Å². The van der Waals surface area contributed by atoms with Gasteiger partial charge in [0.2, 0.25) is 0 Å². The third-order valence-electron chi connectivity index (χ3n) is 3.19. The normalized spacial score (nSPS) is 10.8. The molecule has 3 aromatic rings. The summed E-state index contributed by atoms with van der Waals surface area (Å²) in [6.07, 6.45) is 4.00. The maximum absolute atomic E-state index is 4.21. The third-order valence-corrected chi connectivity index (χ3v) is 3.66. The number of anilines is 1. The molecule has 0 spiro atoms. The van der Waals surface area contributed by atoms with E-state index in [9.17, 15) is 0 Å². The first kappa shape index (κ1) is 12.2. The second kappa shape index (κ2) is 5.05. The van der Waals surface area contributed by atoms with Gasteiger partial charge in [0.1, 0.15) is 4.60 Å². The lowest BCUT2D eigenvalue weighted by Gasteiger charge is -2.05. The molecular formula is C15H14BrN3. The Labute approximate surface area is 120 Å². The minimum atomic E-state index is 0.796. The van der Waals surface area contributed by atoms with Crippen LogP contribution < -0.4 is 5.32 Å². The largest absolute Gasteiger partial charge is 0.380 e. The number of hydrogen-bond donors (Lipinski definition) is 1. The van der Waals surface area contributed by atoms with Crippen LogP contribution in [-0.4, -0.2) is 9.55 Å². The standard InChI is InChI=1S/C15H14BrN3/c1-19-10-11(13-4-2-3-5-14(13)19)8-17-12-6-7-15(16)18-9-12/h2-7,9-10,17H,8H2,1H3. The van der Waals surface area contributed by atoms with Crippen LogP contribution in [0.1, 0.15) is 5.56 Å². The van der Waals surface area contributed by atoms with Crippen LogP contribution >= 0.6 is 15.9 Å². The number of halogens is 1. The molecule has 1 N–H and O–H groups in total. The molecule has 3 nitrogen and oxygen atoms in total. The Morgan fingerprint density at radius 1 is 1.21 bits per heavy atom. The molecule has 0 saturated heterocycles. The van der Waals surface area contributed by atoms with Crippen LogP contribution in [0.3, 0.4) is 0 Å². The van der Waals surface area contributed by atoms with E-state index in [1.807, 2.05) is 18.3 Å². The molecule has 19 heavy (non-hydrogen) atoms. The summed E-state index contributed by atoms with van der Waals surface area (Å²) in [7, 11) is 2.08. The summed E-state index contributed by atoms with van der Waals surface area (Å²) in [4.78, 5) is 4.21. The second-order valence-corrected chi connectivity index (χ2v) is 5.32. The van der Waals surface area contributed by atoms with Gasteiger partial charge in [0, 0.05) is 30.7 Å². The summed E-state index contributed by atoms with van der Waals surface area (Å²) >= 11 is 3.34. The van der Waals surface area contributed by atoms with E-state index < -0.39 is 0 Å². The monoisotopic (exact) mass is 315 g/mol. The predicted octanol–water partition coefficient (Wildman–Crippen LogP) is 3.95. The summed E-state index contributed by atoms with van der Waals surface area (Å²) in [6.45, 7) is 0.796. The zero-order chi connectivity index (χ0) is 13.2. The van der Waals surface area contributed by atoms with Gasteiger partial charge < -0.3 is 9.88 Å². The first-order valence-electron chi connectivity index (χ1n) is 6.12. The highest BCUT2D eigenvalue weighted by Gasteiger charge is 2.05. The van der Waals surface area contributed by atoms with E-state index in [0.717, 1.165) is 16.8 Å². The van der Waals surface area contributed by atoms with Crippen molar-refractivity contribution in [2.75, 3.05) is 5.32 Å². The van der Waals surface area contributed by atoms with Crippen molar-refractivity contribution in [3.05, 3.63) is 59.0 Å². The summed E-state index contributed by atoms with van der Waals surface area (Å²) in [5.41, 5.74) is 3.57. The molecule has 96 valence electrons. The quantitative estimate of drug-likeness (QED) is 0.742. The Balaban J connectivity index is 1.84. The number of nitrogens with zero attached hydrogens (tertiary/aromatic N) is 2. The molecule has 0 unspecified atom stereocenters. The zero-order valence-corrected chi connectivity index (χ0v) is 12.2. The van der Waals surface area contributed by atoms with Crippen LogP contribution in [-0.2, 0) is 13.6 Å². The van der Waals surface area contributed by atoms with Crippen molar-refractivity contribution in [1.82, 2.24) is 9.55 Å². The molecule has 0 fully saturated rings. The third kappa shape index (κ3) is 2.49. The Bertz CT molecular complexity index is 701. The number of benzene rings is 1. The first-order valence-corrected chi connectivity index (χ1v) is 6.92. The predicted molar refractivity (Wildman–Crippen MR) is 82.2 cm³/mol. The number of para-hydroxylation sites is 1. The van der Waals surface area contributed by atoms with Crippen molar-refractivity contribution in [3.8, 4) is 0 Å². The van der Waals surface area contributed by atoms with Gasteiger partial charge in [0.25, 0.3) is 0 Å². The van der Waals surface area contributed by atoms with Gasteiger partial charge in [0.15, 0.2) is 0 Å². The van der Waals surface area contributed by atoms with Crippen LogP contribution in [0.15, 0.2) is 53.4 Å². The lowest BCUT2D eigenvalue weighted by Crippen LogP contribution is -1.99. The number of aryl methyl sites for hydroxylation is 1. The average molecular weight is 316 g/mol. The minimum Gasteiger partial charge on any atom is -0.380 e. The van der Waals surface area contributed by atoms with Gasteiger partial charge in [-0.1, -0.05) is 18.2 Å². The SMILES string of the molecule is Cn1cc(CNc2ccc(Br)nc2)c2ccccc21. The van der Waals surface area contributed by atoms with E-state index in [0.29, 0.717) is 0 Å². The highest BCUT2D eigenvalue weighted by Crippen LogP contribution is 2.21. The van der Waals surface area contributed by atoms with Gasteiger partial charge >= 0.3 is 0 Å². The molecule has 2 aromatic heterocycles. The molecule has 0 amide bonds. The van der Waals surface area contributed by atoms with Gasteiger partial charge in [-0.25, -0.2) is 4.98 Å². The Kier molecular flexibility index (Phi) is 3.25. The maximum Gasteiger partial charge on any atom is 0.106 e. The fraction of sp³-hybridized carbons (Fsp3) is 0.133. The molecule has 0 radical (unpaired) electrons. The number of aromatic nitrogens is 2. The van der Waals surface area contributed by atoms with Crippen molar-refractivity contribution in [3.63, 3.8) is 0 Å². The van der Waals surface area contributed by atoms with E-state index in [4.69, 9.17) is 0 Å². The lowest BCUT2D eigenvalue weighted by molar-refractivity contribution is 0.955. The second-order valence-electron chi connectivity index (χ2n) is 4.51. The number of hydrogen-bond acceptors (Lipinski definition) is 2. The van der Waals surface area contributed by atoms with Crippen LogP contribution in [0.2, 0.25) is 0 Å². The van der Waals surface area contributed by atoms with Crippen molar-refractivity contribution < 1.29 is 0 Å². The van der Waals surface area contributed by atoms with E-state index >= 15 is 0 Å². The molecule has 3 rings (SSSR count). The summed E-state index contributed by atoms with van der Waals surface area (Å²) in [6, 6.07) is 12.4. The molecule has 0 bridgehead atoms. The molecule has 0 saturated carbocycles. The van der Waals surface area contributed by atoms with E-state index in [-0.39, 0.29) is 0 Å². The lowest BCUT2D eigenvalue weighted by atomic mass is 10.2. The smallest absolute Gasteiger partial charge is 0.106 e. The fourth-order valence-corrected chi connectivity index (χ4v) is 2.48. The van der Waals surface area contributed by atoms with E-state index in [1.165, 1.54) is 16.5 Å². The molecule has 4 heteroatoms. The van der Waals surface area contributed by atoms with Crippen LogP contribution in [0.5, 0.6) is 0 Å². The molecule has 0 aliphatic heterocycles. The van der Waals surface area contributed by atoms with Crippen molar-refractivity contribution in [1.29, 1.82) is 0 Å². The van der Waals surface area contributed by atoms with Crippen molar-refractivity contribution >= 4 is 32.5 Å². The van der Waals surface area contributed by atoms with Crippen molar-refractivity contribution in [2.45, 2.75) is 6.54 Å². The fourth-order valence-electron chi connectivity index (χ4n) is 2.24. The number of fused-ring (bicyclic) bond motifs is 1. The van der Waals surface area contributed by atoms with Crippen LogP contribution in [0.4, 0.5) is 5.69 Å². The Hall–Kier alpha value is -1.81. The van der Waals surface area contributed by atoms with Crippen LogP contribution in [0, 0.1) is 0 Å². The van der Waals surface area contributed by atoms with E-state index in [1.54, 1.807) is 0 Å². The van der Waals surface area contributed by atoms with Crippen LogP contribution in [0.25, 0.3) is 10.9 Å². The highest BCUT2D eigenvalue weighted by molar-refractivity contribution is 9.10. The maximum atomic E-state index is 4.21. The van der Waals surface area contributed by atoms with Gasteiger partial charge in [-0.05, 0) is 39.7 Å². The number of nitrogens with one attached hydrogen (secondary N) is 1. The first-order chi connectivity index (χ1) is 9.24. The van der Waals surface area contributed by atoms with Gasteiger partial charge in [-0.15, -0.1) is 0 Å². The molecule has 2 heterocycles. The van der Waals surface area contributed by atoms with Gasteiger partial charge in [-0.2, -0.15) is 0 Å². The highest BCUT2D eigenvalue weighted by atomic mass is 79.9. The Morgan fingerprint density at radius 2 is 2.05 bits per heavy atom. The summed E-state index contributed by atoms with van der Waals surface area (Å²) in [5.74, 6) is 0. The van der Waals surface area contributed by atoms with Gasteiger partial charge in [0.05, 0.1) is 11.9 Å². The molecule has 0 atom stereocenters. The molecule has 0 aliphatic rings. The summed E-state index contributed by atoms with van der Waals surface area (Å²) in [5, 5.41) is 4.69. The minimum absolute atomic E-state index is 0.796. The summed E-state index contributed by atoms with van der Waals surface area (Å²) < 4.78 is 3.01. The van der Waals surface area contributed by atoms with E-state index in [2.05, 4.69) is 68.3 Å². The topological polar surface area (TPSA) is 29.9 Å².